The van der Waals surface area contributed by atoms with Crippen molar-refractivity contribution in [1.29, 1.82) is 0 Å². The Bertz CT molecular complexity index is 1480. The molecule has 0 spiro atoms. The molecule has 0 aliphatic carbocycles. The minimum atomic E-state index is -0.00412. The molecule has 4 aromatic rings. The Morgan fingerprint density at radius 1 is 0.794 bits per heavy atom. The van der Waals surface area contributed by atoms with Gasteiger partial charge < -0.3 is 4.90 Å². The van der Waals surface area contributed by atoms with Gasteiger partial charge in [0, 0.05) is 11.9 Å². The fraction of sp³-hybridized carbons (Fsp3) is 0.0714. The number of aliphatic imine (C=N–C) groups is 1. The number of amides is 1. The summed E-state index contributed by atoms with van der Waals surface area (Å²) >= 11 is 3.11. The minimum Gasteiger partial charge on any atom is -0.337 e. The molecule has 4 nitrogen and oxygen atoms in total. The maximum atomic E-state index is 13.7. The van der Waals surface area contributed by atoms with Crippen molar-refractivity contribution in [2.45, 2.75) is 11.4 Å². The van der Waals surface area contributed by atoms with Crippen LogP contribution in [-0.4, -0.2) is 23.0 Å². The van der Waals surface area contributed by atoms with Gasteiger partial charge in [0.05, 0.1) is 22.9 Å². The first kappa shape index (κ1) is 21.1. The van der Waals surface area contributed by atoms with Crippen LogP contribution in [-0.2, 0) is 11.3 Å². The van der Waals surface area contributed by atoms with Crippen LogP contribution in [0.15, 0.2) is 117 Å². The largest absolute Gasteiger partial charge is 0.337 e. The quantitative estimate of drug-likeness (QED) is 0.296. The zero-order valence-corrected chi connectivity index (χ0v) is 20.1. The highest BCUT2D eigenvalue weighted by Crippen LogP contribution is 2.50. The molecule has 1 fully saturated rings. The van der Waals surface area contributed by atoms with Gasteiger partial charge in [-0.05, 0) is 52.4 Å². The molecule has 6 heteroatoms. The van der Waals surface area contributed by atoms with Gasteiger partial charge in [-0.15, -0.1) is 0 Å². The first-order valence-corrected chi connectivity index (χ1v) is 12.7. The van der Waals surface area contributed by atoms with Gasteiger partial charge >= 0.3 is 0 Å². The fourth-order valence-electron chi connectivity index (χ4n) is 4.18. The van der Waals surface area contributed by atoms with Gasteiger partial charge in [-0.3, -0.25) is 9.69 Å². The van der Waals surface area contributed by atoms with Crippen LogP contribution in [0.3, 0.4) is 0 Å². The van der Waals surface area contributed by atoms with Crippen molar-refractivity contribution in [1.82, 2.24) is 4.90 Å². The molecule has 4 aromatic carbocycles. The Labute approximate surface area is 207 Å². The van der Waals surface area contributed by atoms with Gasteiger partial charge in [0.25, 0.3) is 5.91 Å². The SMILES string of the molecule is CN1/C(=C2\SC(=Nc3ccc4ccccc4c3)N(Cc3ccccc3)C2=O)Sc2ccccc21. The molecule has 2 aliphatic heterocycles. The first-order valence-electron chi connectivity index (χ1n) is 11.0. The number of anilines is 1. The van der Waals surface area contributed by atoms with Crippen molar-refractivity contribution in [2.24, 2.45) is 4.99 Å². The monoisotopic (exact) mass is 479 g/mol. The highest BCUT2D eigenvalue weighted by Gasteiger charge is 2.39. The predicted octanol–water partition coefficient (Wildman–Crippen LogP) is 7.01. The summed E-state index contributed by atoms with van der Waals surface area (Å²) in [7, 11) is 2.02. The third-order valence-corrected chi connectivity index (χ3v) is 8.37. The first-order chi connectivity index (χ1) is 16.7. The Morgan fingerprint density at radius 3 is 2.35 bits per heavy atom. The van der Waals surface area contributed by atoms with E-state index in [4.69, 9.17) is 4.99 Å². The van der Waals surface area contributed by atoms with Gasteiger partial charge in [0.1, 0.15) is 4.91 Å². The number of fused-ring (bicyclic) bond motifs is 2. The Balaban J connectivity index is 1.42. The van der Waals surface area contributed by atoms with E-state index in [0.29, 0.717) is 11.7 Å². The minimum absolute atomic E-state index is 0.00412. The lowest BCUT2D eigenvalue weighted by Gasteiger charge is -2.17. The average molecular weight is 480 g/mol. The van der Waals surface area contributed by atoms with Crippen LogP contribution < -0.4 is 4.90 Å². The second kappa shape index (κ2) is 8.70. The standard InChI is InChI=1S/C28H21N3OS2/c1-30-23-13-7-8-14-24(23)33-27(30)25-26(32)31(18-19-9-3-2-4-10-19)28(34-25)29-22-16-15-20-11-5-6-12-21(20)17-22/h2-17H,18H2,1H3/b27-25+,29-28?. The van der Waals surface area contributed by atoms with Gasteiger partial charge in [0.15, 0.2) is 5.17 Å². The molecule has 166 valence electrons. The van der Waals surface area contributed by atoms with Crippen LogP contribution >= 0.6 is 23.5 Å². The molecule has 1 saturated heterocycles. The molecule has 0 radical (unpaired) electrons. The molecule has 0 saturated carbocycles. The van der Waals surface area contributed by atoms with Crippen molar-refractivity contribution in [3.8, 4) is 0 Å². The van der Waals surface area contributed by atoms with Gasteiger partial charge in [0.2, 0.25) is 0 Å². The average Bonchev–Trinajstić information content (AvgIpc) is 3.36. The van der Waals surface area contributed by atoms with E-state index in [0.717, 1.165) is 37.2 Å². The number of benzene rings is 4. The van der Waals surface area contributed by atoms with Crippen LogP contribution in [0.4, 0.5) is 11.4 Å². The van der Waals surface area contributed by atoms with Crippen LogP contribution in [0.2, 0.25) is 0 Å². The molecular weight excluding hydrogens is 458 g/mol. The molecule has 0 aromatic heterocycles. The third kappa shape index (κ3) is 3.79. The molecule has 1 amide bonds. The maximum absolute atomic E-state index is 13.7. The van der Waals surface area contributed by atoms with Crippen LogP contribution in [0.25, 0.3) is 10.8 Å². The van der Waals surface area contributed by atoms with E-state index in [-0.39, 0.29) is 5.91 Å². The van der Waals surface area contributed by atoms with Crippen molar-refractivity contribution in [3.05, 3.63) is 113 Å². The number of rotatable bonds is 3. The van der Waals surface area contributed by atoms with E-state index in [9.17, 15) is 4.79 Å². The molecular formula is C28H21N3OS2. The summed E-state index contributed by atoms with van der Waals surface area (Å²) in [5, 5.41) is 3.97. The van der Waals surface area contributed by atoms with E-state index in [1.807, 2.05) is 67.7 Å². The molecule has 0 unspecified atom stereocenters. The molecule has 2 heterocycles. The number of para-hydroxylation sites is 1. The van der Waals surface area contributed by atoms with Crippen molar-refractivity contribution in [3.63, 3.8) is 0 Å². The van der Waals surface area contributed by atoms with E-state index in [1.54, 1.807) is 16.7 Å². The number of thioether (sulfide) groups is 2. The van der Waals surface area contributed by atoms with Crippen LogP contribution in [0, 0.1) is 0 Å². The number of hydrogen-bond donors (Lipinski definition) is 0. The number of carbonyl (C=O) groups excluding carboxylic acids is 1. The zero-order chi connectivity index (χ0) is 23.1. The second-order valence-corrected chi connectivity index (χ2v) is 10.2. The molecule has 34 heavy (non-hydrogen) atoms. The van der Waals surface area contributed by atoms with Crippen molar-refractivity contribution in [2.75, 3.05) is 11.9 Å². The van der Waals surface area contributed by atoms with Gasteiger partial charge in [-0.2, -0.15) is 0 Å². The van der Waals surface area contributed by atoms with E-state index < -0.39 is 0 Å². The van der Waals surface area contributed by atoms with Gasteiger partial charge in [-0.25, -0.2) is 4.99 Å². The van der Waals surface area contributed by atoms with Crippen LogP contribution in [0.1, 0.15) is 5.56 Å². The summed E-state index contributed by atoms with van der Waals surface area (Å²) in [5.41, 5.74) is 3.04. The highest BCUT2D eigenvalue weighted by molar-refractivity contribution is 8.19. The molecule has 0 atom stereocenters. The molecule has 6 rings (SSSR count). The Hall–Kier alpha value is -3.48. The van der Waals surface area contributed by atoms with E-state index in [1.165, 1.54) is 17.1 Å². The van der Waals surface area contributed by atoms with Crippen LogP contribution in [0.5, 0.6) is 0 Å². The lowest BCUT2D eigenvalue weighted by molar-refractivity contribution is -0.122. The van der Waals surface area contributed by atoms with Gasteiger partial charge in [-0.1, -0.05) is 84.6 Å². The lowest BCUT2D eigenvalue weighted by Crippen LogP contribution is -2.29. The van der Waals surface area contributed by atoms with E-state index >= 15 is 0 Å². The summed E-state index contributed by atoms with van der Waals surface area (Å²) < 4.78 is 0. The molecule has 2 aliphatic rings. The lowest BCUT2D eigenvalue weighted by atomic mass is 10.1. The number of hydrogen-bond acceptors (Lipinski definition) is 5. The van der Waals surface area contributed by atoms with Crippen molar-refractivity contribution >= 4 is 56.7 Å². The van der Waals surface area contributed by atoms with E-state index in [2.05, 4.69) is 41.3 Å². The Morgan fingerprint density at radius 2 is 1.53 bits per heavy atom. The number of amidine groups is 1. The summed E-state index contributed by atoms with van der Waals surface area (Å²) in [6.45, 7) is 0.483. The number of carbonyl (C=O) groups is 1. The third-order valence-electron chi connectivity index (χ3n) is 5.94. The smallest absolute Gasteiger partial charge is 0.269 e. The number of nitrogens with zero attached hydrogens (tertiary/aromatic N) is 3. The summed E-state index contributed by atoms with van der Waals surface area (Å²) in [6, 6.07) is 32.7. The normalized spacial score (nSPS) is 18.9. The summed E-state index contributed by atoms with van der Waals surface area (Å²) in [4.78, 5) is 24.5. The summed E-state index contributed by atoms with van der Waals surface area (Å²) in [6.07, 6.45) is 0. The predicted molar refractivity (Wildman–Crippen MR) is 143 cm³/mol. The van der Waals surface area contributed by atoms with Crippen molar-refractivity contribution < 1.29 is 4.79 Å². The fourth-order valence-corrected chi connectivity index (χ4v) is 6.52. The highest BCUT2D eigenvalue weighted by atomic mass is 32.2. The summed E-state index contributed by atoms with van der Waals surface area (Å²) in [5.74, 6) is -0.00412. The Kier molecular flexibility index (Phi) is 5.40. The molecule has 0 bridgehead atoms. The maximum Gasteiger partial charge on any atom is 0.269 e. The molecule has 0 N–H and O–H groups in total. The topological polar surface area (TPSA) is 35.9 Å². The second-order valence-electron chi connectivity index (χ2n) is 8.17. The zero-order valence-electron chi connectivity index (χ0n) is 18.5.